The van der Waals surface area contributed by atoms with Crippen LogP contribution in [0.1, 0.15) is 5.56 Å². The number of carbonyl (C=O) groups is 1. The highest BCUT2D eigenvalue weighted by Gasteiger charge is 2.38. The number of hydrogen-bond acceptors (Lipinski definition) is 5. The summed E-state index contributed by atoms with van der Waals surface area (Å²) in [6, 6.07) is 21.6. The number of piperazine rings is 1. The summed E-state index contributed by atoms with van der Waals surface area (Å²) in [5.74, 6) is -2.27. The van der Waals surface area contributed by atoms with Crippen LogP contribution in [0.5, 0.6) is 0 Å². The molecule has 1 aromatic heterocycles. The lowest BCUT2D eigenvalue weighted by Gasteiger charge is -2.27. The molecule has 4 aromatic rings. The second kappa shape index (κ2) is 12.8. The van der Waals surface area contributed by atoms with Crippen LogP contribution >= 0.6 is 0 Å². The molecule has 0 spiro atoms. The quantitative estimate of drug-likeness (QED) is 0.200. The van der Waals surface area contributed by atoms with Crippen LogP contribution in [0.2, 0.25) is 0 Å². The summed E-state index contributed by atoms with van der Waals surface area (Å²) in [4.78, 5) is 19.3. The van der Waals surface area contributed by atoms with Crippen molar-refractivity contribution in [3.05, 3.63) is 78.1 Å². The Labute approximate surface area is 222 Å². The zero-order chi connectivity index (χ0) is 27.8. The SMILES string of the molecule is Fc1ccc2nc(-c3cccc(-c4cccc(CNCCN5CCNCC5)c4)c3)[nH]c2c1.O=C(O)C(F)(F)F. The first kappa shape index (κ1) is 28.2. The van der Waals surface area contributed by atoms with E-state index >= 15 is 0 Å². The van der Waals surface area contributed by atoms with Gasteiger partial charge in [0.2, 0.25) is 0 Å². The Morgan fingerprint density at radius 1 is 0.974 bits per heavy atom. The molecule has 1 saturated heterocycles. The molecule has 1 fully saturated rings. The van der Waals surface area contributed by atoms with Gasteiger partial charge in [-0.15, -0.1) is 0 Å². The first-order valence-electron chi connectivity index (χ1n) is 12.5. The van der Waals surface area contributed by atoms with Gasteiger partial charge in [0.1, 0.15) is 11.6 Å². The highest BCUT2D eigenvalue weighted by Crippen LogP contribution is 2.27. The molecule has 0 bridgehead atoms. The number of nitrogens with one attached hydrogen (secondary N) is 3. The van der Waals surface area contributed by atoms with E-state index in [1.165, 1.54) is 23.3 Å². The number of imidazole rings is 1. The number of H-pyrrole nitrogens is 1. The molecule has 0 atom stereocenters. The Morgan fingerprint density at radius 3 is 2.36 bits per heavy atom. The number of benzene rings is 3. The molecule has 39 heavy (non-hydrogen) atoms. The van der Waals surface area contributed by atoms with Gasteiger partial charge < -0.3 is 20.7 Å². The van der Waals surface area contributed by atoms with E-state index in [1.54, 1.807) is 6.07 Å². The topological polar surface area (TPSA) is 93.3 Å². The largest absolute Gasteiger partial charge is 0.490 e. The Bertz CT molecular complexity index is 1400. The van der Waals surface area contributed by atoms with Gasteiger partial charge in [-0.3, -0.25) is 4.90 Å². The minimum Gasteiger partial charge on any atom is -0.475 e. The van der Waals surface area contributed by atoms with Crippen LogP contribution in [0.15, 0.2) is 66.7 Å². The van der Waals surface area contributed by atoms with Gasteiger partial charge in [0.15, 0.2) is 0 Å². The van der Waals surface area contributed by atoms with Crippen LogP contribution in [-0.4, -0.2) is 71.4 Å². The molecule has 0 radical (unpaired) electrons. The Balaban J connectivity index is 0.000000448. The van der Waals surface area contributed by atoms with Crippen molar-refractivity contribution >= 4 is 17.0 Å². The van der Waals surface area contributed by atoms with Crippen molar-refractivity contribution in [1.82, 2.24) is 25.5 Å². The number of aromatic nitrogens is 2. The van der Waals surface area contributed by atoms with E-state index in [0.717, 1.165) is 68.3 Å². The van der Waals surface area contributed by atoms with Crippen LogP contribution in [0, 0.1) is 5.82 Å². The van der Waals surface area contributed by atoms with E-state index in [-0.39, 0.29) is 5.82 Å². The lowest BCUT2D eigenvalue weighted by molar-refractivity contribution is -0.192. The fraction of sp³-hybridized carbons (Fsp3) is 0.286. The van der Waals surface area contributed by atoms with E-state index in [1.807, 2.05) is 12.1 Å². The maximum absolute atomic E-state index is 13.5. The molecule has 5 rings (SSSR count). The smallest absolute Gasteiger partial charge is 0.475 e. The third-order valence-electron chi connectivity index (χ3n) is 6.23. The number of rotatable bonds is 7. The van der Waals surface area contributed by atoms with E-state index < -0.39 is 12.1 Å². The molecule has 1 aliphatic heterocycles. The molecule has 7 nitrogen and oxygen atoms in total. The number of halogens is 4. The van der Waals surface area contributed by atoms with Crippen LogP contribution in [0.3, 0.4) is 0 Å². The number of aromatic amines is 1. The highest BCUT2D eigenvalue weighted by atomic mass is 19.4. The third-order valence-corrected chi connectivity index (χ3v) is 6.23. The van der Waals surface area contributed by atoms with Gasteiger partial charge in [-0.1, -0.05) is 36.4 Å². The number of fused-ring (bicyclic) bond motifs is 1. The summed E-state index contributed by atoms with van der Waals surface area (Å²) < 4.78 is 45.3. The number of alkyl halides is 3. The fourth-order valence-electron chi connectivity index (χ4n) is 4.23. The molecule has 0 saturated carbocycles. The van der Waals surface area contributed by atoms with Crippen molar-refractivity contribution in [2.75, 3.05) is 39.3 Å². The number of carboxylic acid groups (broad SMARTS) is 1. The van der Waals surface area contributed by atoms with Crippen molar-refractivity contribution in [1.29, 1.82) is 0 Å². The number of hydrogen-bond donors (Lipinski definition) is 4. The average molecular weight is 544 g/mol. The lowest BCUT2D eigenvalue weighted by Crippen LogP contribution is -2.45. The van der Waals surface area contributed by atoms with Crippen molar-refractivity contribution in [3.63, 3.8) is 0 Å². The molecule has 3 aromatic carbocycles. The summed E-state index contributed by atoms with van der Waals surface area (Å²) in [7, 11) is 0. The normalized spacial score (nSPS) is 14.2. The van der Waals surface area contributed by atoms with Crippen LogP contribution < -0.4 is 10.6 Å². The van der Waals surface area contributed by atoms with E-state index in [9.17, 15) is 17.6 Å². The maximum atomic E-state index is 13.5. The summed E-state index contributed by atoms with van der Waals surface area (Å²) in [5, 5.41) is 14.1. The Kier molecular flexibility index (Phi) is 9.28. The average Bonchev–Trinajstić information content (AvgIpc) is 3.35. The van der Waals surface area contributed by atoms with E-state index in [0.29, 0.717) is 5.52 Å². The van der Waals surface area contributed by atoms with Crippen LogP contribution in [-0.2, 0) is 11.3 Å². The van der Waals surface area contributed by atoms with E-state index in [2.05, 4.69) is 61.9 Å². The zero-order valence-electron chi connectivity index (χ0n) is 21.1. The molecular weight excluding hydrogens is 514 g/mol. The van der Waals surface area contributed by atoms with Crippen molar-refractivity contribution in [2.24, 2.45) is 0 Å². The fourth-order valence-corrected chi connectivity index (χ4v) is 4.23. The second-order valence-electron chi connectivity index (χ2n) is 9.10. The number of nitrogens with zero attached hydrogens (tertiary/aromatic N) is 2. The molecule has 0 aliphatic carbocycles. The number of carboxylic acids is 1. The first-order chi connectivity index (χ1) is 18.7. The standard InChI is InChI=1S/C26H28FN5.C2HF3O2/c27-23-7-8-24-25(17-23)31-26(30-24)22-6-2-5-21(16-22)20-4-1-3-19(15-20)18-29-11-14-32-12-9-28-10-13-32;3-2(4,5)1(6)7/h1-8,15-17,28-29H,9-14,18H2,(H,30,31);(H,6,7). The summed E-state index contributed by atoms with van der Waals surface area (Å²) >= 11 is 0. The van der Waals surface area contributed by atoms with Gasteiger partial charge in [-0.05, 0) is 47.0 Å². The van der Waals surface area contributed by atoms with Gasteiger partial charge in [-0.25, -0.2) is 14.2 Å². The lowest BCUT2D eigenvalue weighted by atomic mass is 10.0. The molecular formula is C28H29F4N5O2. The molecule has 0 amide bonds. The van der Waals surface area contributed by atoms with Crippen LogP contribution in [0.25, 0.3) is 33.5 Å². The van der Waals surface area contributed by atoms with Crippen molar-refractivity contribution < 1.29 is 27.5 Å². The molecule has 206 valence electrons. The van der Waals surface area contributed by atoms with Crippen molar-refractivity contribution in [3.8, 4) is 22.5 Å². The van der Waals surface area contributed by atoms with Gasteiger partial charge in [-0.2, -0.15) is 13.2 Å². The summed E-state index contributed by atoms with van der Waals surface area (Å²) in [5.41, 5.74) is 6.04. The molecule has 11 heteroatoms. The van der Waals surface area contributed by atoms with Gasteiger partial charge >= 0.3 is 12.1 Å². The summed E-state index contributed by atoms with van der Waals surface area (Å²) in [6.07, 6.45) is -5.08. The Morgan fingerprint density at radius 2 is 1.64 bits per heavy atom. The van der Waals surface area contributed by atoms with Gasteiger partial charge in [0.05, 0.1) is 11.0 Å². The monoisotopic (exact) mass is 543 g/mol. The Hall–Kier alpha value is -3.80. The first-order valence-corrected chi connectivity index (χ1v) is 12.5. The summed E-state index contributed by atoms with van der Waals surface area (Å²) in [6.45, 7) is 7.38. The van der Waals surface area contributed by atoms with E-state index in [4.69, 9.17) is 9.90 Å². The second-order valence-corrected chi connectivity index (χ2v) is 9.10. The zero-order valence-corrected chi connectivity index (χ0v) is 21.1. The highest BCUT2D eigenvalue weighted by molar-refractivity contribution is 5.80. The maximum Gasteiger partial charge on any atom is 0.490 e. The predicted molar refractivity (Wildman–Crippen MR) is 142 cm³/mol. The molecule has 2 heterocycles. The number of aliphatic carboxylic acids is 1. The van der Waals surface area contributed by atoms with Crippen molar-refractivity contribution in [2.45, 2.75) is 12.7 Å². The minimum atomic E-state index is -5.08. The van der Waals surface area contributed by atoms with Gasteiger partial charge in [0, 0.05) is 51.4 Å². The molecule has 0 unspecified atom stereocenters. The predicted octanol–water partition coefficient (Wildman–Crippen LogP) is 4.66. The minimum absolute atomic E-state index is 0.264. The third kappa shape index (κ3) is 8.09. The van der Waals surface area contributed by atoms with Gasteiger partial charge in [0.25, 0.3) is 0 Å². The molecule has 1 aliphatic rings. The molecule has 4 N–H and O–H groups in total. The van der Waals surface area contributed by atoms with Crippen LogP contribution in [0.4, 0.5) is 17.6 Å².